The summed E-state index contributed by atoms with van der Waals surface area (Å²) in [5.74, 6) is 1.13. The number of benzene rings is 2. The second kappa shape index (κ2) is 8.35. The highest BCUT2D eigenvalue weighted by molar-refractivity contribution is 7.18. The van der Waals surface area contributed by atoms with Gasteiger partial charge in [-0.15, -0.1) is 11.3 Å². The van der Waals surface area contributed by atoms with Crippen molar-refractivity contribution in [2.45, 2.75) is 25.7 Å². The van der Waals surface area contributed by atoms with Crippen LogP contribution in [0, 0.1) is 0 Å². The van der Waals surface area contributed by atoms with Crippen LogP contribution in [-0.2, 0) is 12.8 Å². The van der Waals surface area contributed by atoms with E-state index in [4.69, 9.17) is 9.72 Å². The van der Waals surface area contributed by atoms with Gasteiger partial charge in [0, 0.05) is 4.88 Å². The molecule has 2 aromatic heterocycles. The topological polar surface area (TPSA) is 68.5 Å². The summed E-state index contributed by atoms with van der Waals surface area (Å²) < 4.78 is 6.87. The molecule has 6 nitrogen and oxygen atoms in total. The molecule has 0 unspecified atom stereocenters. The molecule has 0 atom stereocenters. The van der Waals surface area contributed by atoms with E-state index in [0.717, 1.165) is 40.8 Å². The molecule has 0 amide bonds. The Morgan fingerprint density at radius 1 is 1.10 bits per heavy atom. The van der Waals surface area contributed by atoms with E-state index in [1.165, 1.54) is 16.9 Å². The number of nitrogens with one attached hydrogen (secondary N) is 1. The van der Waals surface area contributed by atoms with Gasteiger partial charge >= 0.3 is 0 Å². The zero-order valence-electron chi connectivity index (χ0n) is 17.2. The SMILES string of the molecule is COc1ccc(-n2c(N/N=C/c3ccccc3)nc3sc4c(c3c2=O)CCCC4)cc1. The first-order valence-electron chi connectivity index (χ1n) is 10.3. The smallest absolute Gasteiger partial charge is 0.268 e. The van der Waals surface area contributed by atoms with E-state index in [-0.39, 0.29) is 5.56 Å². The van der Waals surface area contributed by atoms with E-state index >= 15 is 0 Å². The average molecular weight is 431 g/mol. The molecule has 31 heavy (non-hydrogen) atoms. The minimum atomic E-state index is -0.0630. The summed E-state index contributed by atoms with van der Waals surface area (Å²) >= 11 is 1.63. The molecule has 0 saturated carbocycles. The molecule has 1 aliphatic carbocycles. The molecule has 0 bridgehead atoms. The van der Waals surface area contributed by atoms with Gasteiger partial charge in [0.15, 0.2) is 0 Å². The first-order chi connectivity index (χ1) is 15.2. The van der Waals surface area contributed by atoms with Crippen LogP contribution in [-0.4, -0.2) is 22.9 Å². The standard InChI is InChI=1S/C24H22N4O2S/c1-30-18-13-11-17(12-14-18)28-23(29)21-19-9-5-6-10-20(19)31-22(21)26-24(28)27-25-15-16-7-3-2-4-8-16/h2-4,7-8,11-15H,5-6,9-10H2,1H3,(H,26,27)/b25-15+. The molecule has 0 aliphatic heterocycles. The lowest BCUT2D eigenvalue weighted by Gasteiger charge is -2.13. The predicted octanol–water partition coefficient (Wildman–Crippen LogP) is 4.78. The molecule has 156 valence electrons. The number of thiophene rings is 1. The fourth-order valence-corrected chi connectivity index (χ4v) is 5.21. The molecule has 4 aromatic rings. The van der Waals surface area contributed by atoms with Gasteiger partial charge in [0.25, 0.3) is 5.56 Å². The minimum Gasteiger partial charge on any atom is -0.497 e. The third-order valence-electron chi connectivity index (χ3n) is 5.50. The van der Waals surface area contributed by atoms with Crippen molar-refractivity contribution >= 4 is 33.7 Å². The van der Waals surface area contributed by atoms with Crippen LogP contribution in [0.3, 0.4) is 0 Å². The number of hydrazone groups is 1. The number of aryl methyl sites for hydroxylation is 2. The fraction of sp³-hybridized carbons (Fsp3) is 0.208. The van der Waals surface area contributed by atoms with Gasteiger partial charge in [-0.25, -0.2) is 15.0 Å². The summed E-state index contributed by atoms with van der Waals surface area (Å²) in [6.07, 6.45) is 5.95. The second-order valence-corrected chi connectivity index (χ2v) is 8.53. The van der Waals surface area contributed by atoms with Gasteiger partial charge in [-0.05, 0) is 61.1 Å². The van der Waals surface area contributed by atoms with Gasteiger partial charge in [-0.2, -0.15) is 5.10 Å². The lowest BCUT2D eigenvalue weighted by Crippen LogP contribution is -2.23. The third-order valence-corrected chi connectivity index (χ3v) is 6.68. The first-order valence-corrected chi connectivity index (χ1v) is 11.1. The number of anilines is 1. The van der Waals surface area contributed by atoms with Crippen LogP contribution < -0.4 is 15.7 Å². The van der Waals surface area contributed by atoms with E-state index in [2.05, 4.69) is 10.5 Å². The molecular formula is C24H22N4O2S. The monoisotopic (exact) mass is 430 g/mol. The van der Waals surface area contributed by atoms with E-state index in [0.29, 0.717) is 11.6 Å². The number of fused-ring (bicyclic) bond motifs is 3. The van der Waals surface area contributed by atoms with Crippen molar-refractivity contribution in [3.05, 3.63) is 81.0 Å². The van der Waals surface area contributed by atoms with Crippen molar-refractivity contribution in [1.82, 2.24) is 9.55 Å². The van der Waals surface area contributed by atoms with Crippen LogP contribution in [0.1, 0.15) is 28.8 Å². The maximum absolute atomic E-state index is 13.7. The van der Waals surface area contributed by atoms with E-state index in [9.17, 15) is 4.79 Å². The fourth-order valence-electron chi connectivity index (χ4n) is 3.95. The number of hydrogen-bond donors (Lipinski definition) is 1. The van der Waals surface area contributed by atoms with Crippen molar-refractivity contribution in [1.29, 1.82) is 0 Å². The average Bonchev–Trinajstić information content (AvgIpc) is 3.19. The van der Waals surface area contributed by atoms with Crippen molar-refractivity contribution < 1.29 is 4.74 Å². The summed E-state index contributed by atoms with van der Waals surface area (Å²) in [5.41, 5.74) is 5.78. The summed E-state index contributed by atoms with van der Waals surface area (Å²) in [4.78, 5) is 20.6. The molecule has 7 heteroatoms. The van der Waals surface area contributed by atoms with Crippen molar-refractivity contribution in [2.75, 3.05) is 12.5 Å². The van der Waals surface area contributed by atoms with Gasteiger partial charge in [0.2, 0.25) is 5.95 Å². The maximum Gasteiger partial charge on any atom is 0.268 e. The molecule has 2 heterocycles. The third kappa shape index (κ3) is 3.72. The van der Waals surface area contributed by atoms with Crippen molar-refractivity contribution in [3.8, 4) is 11.4 Å². The Bertz CT molecular complexity index is 1310. The van der Waals surface area contributed by atoms with E-state index in [1.807, 2.05) is 54.6 Å². The van der Waals surface area contributed by atoms with Crippen molar-refractivity contribution in [2.24, 2.45) is 5.10 Å². The highest BCUT2D eigenvalue weighted by Crippen LogP contribution is 2.34. The number of hydrogen-bond acceptors (Lipinski definition) is 6. The summed E-state index contributed by atoms with van der Waals surface area (Å²) in [7, 11) is 1.62. The summed E-state index contributed by atoms with van der Waals surface area (Å²) in [6, 6.07) is 17.2. The minimum absolute atomic E-state index is 0.0630. The number of nitrogens with zero attached hydrogens (tertiary/aromatic N) is 3. The number of methoxy groups -OCH3 is 1. The molecule has 5 rings (SSSR count). The molecule has 0 saturated heterocycles. The van der Waals surface area contributed by atoms with Gasteiger partial charge in [-0.3, -0.25) is 4.79 Å². The van der Waals surface area contributed by atoms with E-state index < -0.39 is 0 Å². The number of aromatic nitrogens is 2. The predicted molar refractivity (Wildman–Crippen MR) is 126 cm³/mol. The van der Waals surface area contributed by atoms with Gasteiger partial charge in [-0.1, -0.05) is 30.3 Å². The quantitative estimate of drug-likeness (QED) is 0.365. The Morgan fingerprint density at radius 2 is 1.87 bits per heavy atom. The number of rotatable bonds is 5. The molecular weight excluding hydrogens is 408 g/mol. The Balaban J connectivity index is 1.64. The second-order valence-electron chi connectivity index (χ2n) is 7.45. The van der Waals surface area contributed by atoms with Crippen LogP contribution in [0.15, 0.2) is 64.5 Å². The Hall–Kier alpha value is -3.45. The Kier molecular flexibility index (Phi) is 5.26. The largest absolute Gasteiger partial charge is 0.497 e. The molecule has 1 N–H and O–H groups in total. The molecule has 2 aromatic carbocycles. The van der Waals surface area contributed by atoms with Gasteiger partial charge in [0.05, 0.1) is 24.4 Å². The highest BCUT2D eigenvalue weighted by Gasteiger charge is 2.22. The normalized spacial score (nSPS) is 13.5. The van der Waals surface area contributed by atoms with Gasteiger partial charge in [0.1, 0.15) is 10.6 Å². The molecule has 0 radical (unpaired) electrons. The summed E-state index contributed by atoms with van der Waals surface area (Å²) in [5, 5.41) is 5.09. The Morgan fingerprint density at radius 3 is 2.65 bits per heavy atom. The van der Waals surface area contributed by atoms with Crippen molar-refractivity contribution in [3.63, 3.8) is 0 Å². The van der Waals surface area contributed by atoms with Crippen LogP contribution in [0.5, 0.6) is 5.75 Å². The first kappa shape index (κ1) is 19.5. The van der Waals surface area contributed by atoms with E-state index in [1.54, 1.807) is 29.2 Å². The Labute approximate surface area is 183 Å². The van der Waals surface area contributed by atoms with Crippen LogP contribution in [0.2, 0.25) is 0 Å². The summed E-state index contributed by atoms with van der Waals surface area (Å²) in [6.45, 7) is 0. The van der Waals surface area contributed by atoms with Gasteiger partial charge < -0.3 is 4.74 Å². The lowest BCUT2D eigenvalue weighted by molar-refractivity contribution is 0.414. The van der Waals surface area contributed by atoms with Crippen LogP contribution in [0.4, 0.5) is 5.95 Å². The molecule has 1 aliphatic rings. The molecule has 0 spiro atoms. The lowest BCUT2D eigenvalue weighted by atomic mass is 9.97. The molecule has 0 fully saturated rings. The van der Waals surface area contributed by atoms with Crippen LogP contribution >= 0.6 is 11.3 Å². The highest BCUT2D eigenvalue weighted by atomic mass is 32.1. The maximum atomic E-state index is 13.7. The van der Waals surface area contributed by atoms with Crippen LogP contribution in [0.25, 0.3) is 15.9 Å². The zero-order chi connectivity index (χ0) is 21.2. The zero-order valence-corrected chi connectivity index (χ0v) is 18.0. The number of ether oxygens (including phenoxy) is 1.